The molecule has 2 aromatic heterocycles. The largest absolute Gasteiger partial charge is 0.508 e. The molecule has 4 aromatic rings. The number of hydrogen-bond acceptors (Lipinski definition) is 8. The zero-order valence-corrected chi connectivity index (χ0v) is 23.2. The first-order valence-electron chi connectivity index (χ1n) is 12.9. The lowest BCUT2D eigenvalue weighted by molar-refractivity contribution is -0.0499. The highest BCUT2D eigenvalue weighted by atomic mass is 35.5. The van der Waals surface area contributed by atoms with E-state index in [0.717, 1.165) is 25.7 Å². The quantitative estimate of drug-likeness (QED) is 0.235. The first kappa shape index (κ1) is 29.2. The molecule has 3 N–H and O–H groups in total. The lowest BCUT2D eigenvalue weighted by atomic mass is 9.88. The number of phenolic OH excluding ortho intramolecular Hbond substituents is 1. The average Bonchev–Trinajstić information content (AvgIpc) is 3.84. The number of aliphatic hydroxyl groups is 2. The van der Waals surface area contributed by atoms with E-state index in [9.17, 15) is 24.1 Å². The van der Waals surface area contributed by atoms with Crippen LogP contribution >= 0.6 is 23.2 Å². The van der Waals surface area contributed by atoms with Gasteiger partial charge in [0, 0.05) is 11.1 Å². The van der Waals surface area contributed by atoms with E-state index in [4.69, 9.17) is 23.2 Å². The summed E-state index contributed by atoms with van der Waals surface area (Å²) in [5, 5.41) is 40.1. The Hall–Kier alpha value is -3.32. The van der Waals surface area contributed by atoms with Gasteiger partial charge >= 0.3 is 6.61 Å². The summed E-state index contributed by atoms with van der Waals surface area (Å²) in [6, 6.07) is 8.85. The Labute approximate surface area is 244 Å². The summed E-state index contributed by atoms with van der Waals surface area (Å²) in [7, 11) is 0. The van der Waals surface area contributed by atoms with Gasteiger partial charge in [-0.2, -0.15) is 19.0 Å². The van der Waals surface area contributed by atoms with E-state index in [1.165, 1.54) is 54.0 Å². The lowest BCUT2D eigenvalue weighted by Gasteiger charge is -2.29. The Bertz CT molecular complexity index is 1450. The fourth-order valence-corrected chi connectivity index (χ4v) is 5.66. The summed E-state index contributed by atoms with van der Waals surface area (Å²) in [6.07, 6.45) is 9.57. The van der Waals surface area contributed by atoms with Gasteiger partial charge in [0.1, 0.15) is 48.0 Å². The Morgan fingerprint density at radius 1 is 0.829 bits per heavy atom. The predicted octanol–water partition coefficient (Wildman–Crippen LogP) is 4.77. The summed E-state index contributed by atoms with van der Waals surface area (Å²) in [6.45, 7) is -2.41. The molecule has 2 saturated carbocycles. The maximum absolute atomic E-state index is 12.2. The van der Waals surface area contributed by atoms with Crippen molar-refractivity contribution in [2.75, 3.05) is 0 Å². The van der Waals surface area contributed by atoms with Gasteiger partial charge in [-0.05, 0) is 61.8 Å². The minimum Gasteiger partial charge on any atom is -0.508 e. The number of aromatic hydroxyl groups is 1. The third-order valence-electron chi connectivity index (χ3n) is 7.30. The van der Waals surface area contributed by atoms with Crippen molar-refractivity contribution in [1.29, 1.82) is 0 Å². The Morgan fingerprint density at radius 3 is 1.71 bits per heavy atom. The molecule has 2 heterocycles. The van der Waals surface area contributed by atoms with E-state index in [0.29, 0.717) is 22.7 Å². The molecule has 2 aromatic carbocycles. The highest BCUT2D eigenvalue weighted by Crippen LogP contribution is 2.50. The van der Waals surface area contributed by atoms with Crippen molar-refractivity contribution in [3.05, 3.63) is 82.9 Å². The summed E-state index contributed by atoms with van der Waals surface area (Å²) in [5.41, 5.74) is -1.18. The number of benzene rings is 2. The van der Waals surface area contributed by atoms with Crippen molar-refractivity contribution in [1.82, 2.24) is 29.5 Å². The molecule has 0 bridgehead atoms. The first-order chi connectivity index (χ1) is 19.6. The van der Waals surface area contributed by atoms with Gasteiger partial charge in [0.25, 0.3) is 0 Å². The Kier molecular flexibility index (Phi) is 8.46. The van der Waals surface area contributed by atoms with E-state index < -0.39 is 17.8 Å². The van der Waals surface area contributed by atoms with E-state index in [1.807, 2.05) is 0 Å². The van der Waals surface area contributed by atoms with Gasteiger partial charge < -0.3 is 20.1 Å². The van der Waals surface area contributed by atoms with Crippen LogP contribution in [-0.2, 0) is 24.3 Å². The van der Waals surface area contributed by atoms with Crippen LogP contribution in [0.25, 0.3) is 0 Å². The predicted molar refractivity (Wildman–Crippen MR) is 144 cm³/mol. The van der Waals surface area contributed by atoms with Crippen LogP contribution in [-0.4, -0.2) is 51.5 Å². The number of nitrogens with zero attached hydrogens (tertiary/aromatic N) is 6. The van der Waals surface area contributed by atoms with E-state index >= 15 is 0 Å². The van der Waals surface area contributed by atoms with Crippen LogP contribution in [0.15, 0.2) is 61.7 Å². The zero-order chi connectivity index (χ0) is 29.2. The molecule has 0 amide bonds. The highest BCUT2D eigenvalue weighted by molar-refractivity contribution is 6.32. The highest BCUT2D eigenvalue weighted by Gasteiger charge is 2.47. The van der Waals surface area contributed by atoms with Crippen molar-refractivity contribution < 1.29 is 28.8 Å². The van der Waals surface area contributed by atoms with Crippen LogP contribution in [0.3, 0.4) is 0 Å². The van der Waals surface area contributed by atoms with Crippen LogP contribution in [0.5, 0.6) is 11.5 Å². The smallest absolute Gasteiger partial charge is 0.387 e. The van der Waals surface area contributed by atoms with Crippen molar-refractivity contribution >= 4 is 23.2 Å². The Morgan fingerprint density at radius 2 is 1.32 bits per heavy atom. The molecule has 0 radical (unpaired) electrons. The molecule has 2 aliphatic carbocycles. The first-order valence-corrected chi connectivity index (χ1v) is 13.7. The van der Waals surface area contributed by atoms with Crippen molar-refractivity contribution in [3.8, 4) is 11.5 Å². The molecule has 0 saturated heterocycles. The van der Waals surface area contributed by atoms with E-state index in [-0.39, 0.29) is 34.9 Å². The van der Waals surface area contributed by atoms with Crippen LogP contribution < -0.4 is 4.74 Å². The van der Waals surface area contributed by atoms with Gasteiger partial charge in [-0.1, -0.05) is 35.3 Å². The minimum atomic E-state index is -2.92. The number of ether oxygens (including phenoxy) is 1. The summed E-state index contributed by atoms with van der Waals surface area (Å²) < 4.78 is 31.9. The van der Waals surface area contributed by atoms with E-state index in [1.54, 1.807) is 17.1 Å². The number of alkyl halides is 2. The molecule has 0 spiro atoms. The molecule has 218 valence electrons. The van der Waals surface area contributed by atoms with Gasteiger partial charge in [-0.3, -0.25) is 0 Å². The standard InChI is InChI=1S/C14H14ClF2N3O2.C13H14ClN3O2/c15-12-5-10(22-13(16)17)3-4-11(12)14(21,9-1-2-9)6-20-8-18-7-19-20;14-12-5-10(18)3-4-11(12)13(19,9-1-2-9)6-17-8-15-7-16-17/h3-5,7-9,13,21H,1-2,6H2;3-5,7-9,18-19H,1-2,6H2. The second-order valence-corrected chi connectivity index (χ2v) is 11.1. The van der Waals surface area contributed by atoms with Crippen molar-refractivity contribution in [3.63, 3.8) is 0 Å². The molecule has 0 aliphatic heterocycles. The zero-order valence-electron chi connectivity index (χ0n) is 21.7. The summed E-state index contributed by atoms with van der Waals surface area (Å²) >= 11 is 12.3. The molecule has 10 nitrogen and oxygen atoms in total. The fourth-order valence-electron chi connectivity index (χ4n) is 4.99. The van der Waals surface area contributed by atoms with Gasteiger partial charge in [0.15, 0.2) is 0 Å². The SMILES string of the molecule is OC(Cn1cncn1)(c1ccc(OC(F)F)cc1Cl)C1CC1.Oc1ccc(C(O)(Cn2cncn2)C2CC2)c(Cl)c1. The number of aromatic nitrogens is 6. The molecular weight excluding hydrogens is 581 g/mol. The average molecular weight is 609 g/mol. The minimum absolute atomic E-state index is 0.0392. The van der Waals surface area contributed by atoms with E-state index in [2.05, 4.69) is 24.9 Å². The third kappa shape index (κ3) is 6.78. The normalized spacial score (nSPS) is 17.8. The topological polar surface area (TPSA) is 131 Å². The molecule has 2 fully saturated rings. The van der Waals surface area contributed by atoms with Crippen LogP contribution in [0.2, 0.25) is 10.0 Å². The van der Waals surface area contributed by atoms with Crippen LogP contribution in [0.4, 0.5) is 8.78 Å². The third-order valence-corrected chi connectivity index (χ3v) is 7.92. The lowest BCUT2D eigenvalue weighted by Crippen LogP contribution is -2.34. The maximum atomic E-state index is 12.2. The molecule has 2 unspecified atom stereocenters. The molecule has 14 heteroatoms. The van der Waals surface area contributed by atoms with Gasteiger partial charge in [-0.15, -0.1) is 0 Å². The Balaban J connectivity index is 0.000000166. The monoisotopic (exact) mass is 608 g/mol. The fraction of sp³-hybridized carbons (Fsp3) is 0.407. The van der Waals surface area contributed by atoms with Gasteiger partial charge in [-0.25, -0.2) is 19.3 Å². The molecule has 41 heavy (non-hydrogen) atoms. The van der Waals surface area contributed by atoms with Crippen molar-refractivity contribution in [2.45, 2.75) is 56.6 Å². The maximum Gasteiger partial charge on any atom is 0.387 e. The summed E-state index contributed by atoms with van der Waals surface area (Å²) in [4.78, 5) is 7.74. The number of rotatable bonds is 10. The number of halogens is 4. The summed E-state index contributed by atoms with van der Waals surface area (Å²) in [5.74, 6) is 0.269. The molecule has 6 rings (SSSR count). The molecular formula is C27H28Cl2F2N6O4. The second-order valence-electron chi connectivity index (χ2n) is 10.3. The van der Waals surface area contributed by atoms with Crippen molar-refractivity contribution in [2.24, 2.45) is 11.8 Å². The van der Waals surface area contributed by atoms with Gasteiger partial charge in [0.05, 0.1) is 23.1 Å². The number of hydrogen-bond donors (Lipinski definition) is 3. The van der Waals surface area contributed by atoms with Gasteiger partial charge in [0.2, 0.25) is 0 Å². The molecule has 2 aliphatic rings. The number of phenols is 1. The second kappa shape index (κ2) is 11.9. The van der Waals surface area contributed by atoms with Crippen LogP contribution in [0, 0.1) is 11.8 Å². The van der Waals surface area contributed by atoms with Crippen LogP contribution in [0.1, 0.15) is 36.8 Å². The molecule has 2 atom stereocenters.